The Labute approximate surface area is 158 Å². The number of sulfonamides is 1. The number of benzene rings is 1. The van der Waals surface area contributed by atoms with E-state index in [1.54, 1.807) is 13.8 Å². The van der Waals surface area contributed by atoms with Crippen LogP contribution < -0.4 is 4.74 Å². The monoisotopic (exact) mass is 399 g/mol. The molecule has 142 valence electrons. The molecule has 1 fully saturated rings. The number of aliphatic hydroxyl groups excluding tert-OH is 1. The molecule has 0 saturated carbocycles. The molecule has 1 aromatic rings. The van der Waals surface area contributed by atoms with Gasteiger partial charge in [-0.2, -0.15) is 4.31 Å². The molecule has 0 radical (unpaired) electrons. The standard InChI is InChI=1S/C17H21NO6S2/c1-17(2)15(16(20)25)18(9-12-24-17)26(21,22)14-7-5-13(6-8-14)23-11-4-3-10-19/h5-8,15,19H,9-12H2,1-2H3,(H,20,25)/t15-/m1/s1. The van der Waals surface area contributed by atoms with E-state index in [1.165, 1.54) is 24.3 Å². The molecule has 0 spiro atoms. The fourth-order valence-electron chi connectivity index (χ4n) is 2.70. The van der Waals surface area contributed by atoms with Gasteiger partial charge >= 0.3 is 0 Å². The summed E-state index contributed by atoms with van der Waals surface area (Å²) < 4.78 is 38.0. The molecule has 9 heteroatoms. The number of carbonyl (C=O) groups excluding carboxylic acids is 1. The third-order valence-corrected chi connectivity index (χ3v) is 6.03. The van der Waals surface area contributed by atoms with Gasteiger partial charge in [0.05, 0.1) is 17.1 Å². The highest BCUT2D eigenvalue weighted by Gasteiger charge is 2.47. The van der Waals surface area contributed by atoms with Gasteiger partial charge in [0, 0.05) is 6.54 Å². The van der Waals surface area contributed by atoms with Crippen LogP contribution in [-0.4, -0.2) is 61.0 Å². The average Bonchev–Trinajstić information content (AvgIpc) is 2.57. The van der Waals surface area contributed by atoms with Crippen molar-refractivity contribution >= 4 is 27.8 Å². The first-order valence-electron chi connectivity index (χ1n) is 7.88. The van der Waals surface area contributed by atoms with Crippen LogP contribution in [0.15, 0.2) is 29.2 Å². The van der Waals surface area contributed by atoms with Gasteiger partial charge in [0.2, 0.25) is 15.1 Å². The third-order valence-electron chi connectivity index (χ3n) is 3.91. The molecule has 1 aliphatic heterocycles. The van der Waals surface area contributed by atoms with E-state index in [0.717, 1.165) is 4.31 Å². The lowest BCUT2D eigenvalue weighted by atomic mass is 9.98. The summed E-state index contributed by atoms with van der Waals surface area (Å²) in [6.45, 7) is 3.42. The summed E-state index contributed by atoms with van der Waals surface area (Å²) in [5.74, 6) is 5.49. The molecule has 0 aromatic heterocycles. The fraction of sp³-hybridized carbons (Fsp3) is 0.471. The molecule has 0 unspecified atom stereocenters. The zero-order valence-electron chi connectivity index (χ0n) is 14.5. The van der Waals surface area contributed by atoms with E-state index in [2.05, 4.69) is 24.5 Å². The molecule has 0 aliphatic carbocycles. The van der Waals surface area contributed by atoms with Gasteiger partial charge < -0.3 is 14.6 Å². The van der Waals surface area contributed by atoms with Gasteiger partial charge in [0.25, 0.3) is 0 Å². The summed E-state index contributed by atoms with van der Waals surface area (Å²) in [5.41, 5.74) is -0.974. The molecule has 0 bridgehead atoms. The van der Waals surface area contributed by atoms with Gasteiger partial charge in [0.1, 0.15) is 25.0 Å². The first-order valence-corrected chi connectivity index (χ1v) is 9.77. The third kappa shape index (κ3) is 4.58. The Morgan fingerprint density at radius 2 is 2.04 bits per heavy atom. The highest BCUT2D eigenvalue weighted by molar-refractivity contribution is 7.97. The number of carbonyl (C=O) groups is 1. The van der Waals surface area contributed by atoms with Gasteiger partial charge in [-0.25, -0.2) is 8.42 Å². The Bertz CT molecular complexity index is 808. The largest absolute Gasteiger partial charge is 0.481 e. The average molecular weight is 399 g/mol. The second-order valence-electron chi connectivity index (χ2n) is 6.08. The van der Waals surface area contributed by atoms with E-state index in [9.17, 15) is 13.2 Å². The van der Waals surface area contributed by atoms with Crippen molar-refractivity contribution in [3.8, 4) is 17.6 Å². The first kappa shape index (κ1) is 20.7. The molecule has 0 amide bonds. The predicted molar refractivity (Wildman–Crippen MR) is 98.5 cm³/mol. The maximum atomic E-state index is 13.0. The minimum absolute atomic E-state index is 0.0450. The number of hydrogen-bond donors (Lipinski definition) is 2. The maximum absolute atomic E-state index is 13.0. The highest BCUT2D eigenvalue weighted by atomic mass is 32.2. The van der Waals surface area contributed by atoms with Crippen molar-refractivity contribution in [2.45, 2.75) is 30.4 Å². The van der Waals surface area contributed by atoms with E-state index >= 15 is 0 Å². The molecule has 1 aliphatic rings. The van der Waals surface area contributed by atoms with Crippen molar-refractivity contribution in [3.63, 3.8) is 0 Å². The number of nitrogens with zero attached hydrogens (tertiary/aromatic N) is 1. The van der Waals surface area contributed by atoms with Gasteiger partial charge in [-0.3, -0.25) is 4.79 Å². The maximum Gasteiger partial charge on any atom is 0.243 e. The SMILES string of the molecule is CC1(C)OCCN(S(=O)(=O)c2ccc(OCC#CCO)cc2)[C@@H]1C(=O)S. The molecule has 1 saturated heterocycles. The zero-order chi connectivity index (χ0) is 19.4. The van der Waals surface area contributed by atoms with Crippen LogP contribution in [0.3, 0.4) is 0 Å². The summed E-state index contributed by atoms with van der Waals surface area (Å²) in [6, 6.07) is 4.82. The number of aliphatic hydroxyl groups is 1. The summed E-state index contributed by atoms with van der Waals surface area (Å²) in [6.07, 6.45) is 0. The Morgan fingerprint density at radius 3 is 2.62 bits per heavy atom. The first-order chi connectivity index (χ1) is 12.2. The van der Waals surface area contributed by atoms with E-state index in [1.807, 2.05) is 0 Å². The second-order valence-corrected chi connectivity index (χ2v) is 8.41. The minimum Gasteiger partial charge on any atom is -0.481 e. The van der Waals surface area contributed by atoms with Crippen molar-refractivity contribution in [1.29, 1.82) is 0 Å². The van der Waals surface area contributed by atoms with Gasteiger partial charge in [-0.15, -0.1) is 12.6 Å². The lowest BCUT2D eigenvalue weighted by molar-refractivity contribution is -0.136. The minimum atomic E-state index is -3.91. The number of hydrogen-bond acceptors (Lipinski definition) is 6. The van der Waals surface area contributed by atoms with Crippen molar-refractivity contribution < 1.29 is 27.8 Å². The molecular formula is C17H21NO6S2. The molecule has 1 N–H and O–H groups in total. The fourth-order valence-corrected chi connectivity index (χ4v) is 4.92. The van der Waals surface area contributed by atoms with Gasteiger partial charge in [0.15, 0.2) is 0 Å². The molecule has 1 heterocycles. The van der Waals surface area contributed by atoms with Crippen LogP contribution in [0.2, 0.25) is 0 Å². The Morgan fingerprint density at radius 1 is 1.38 bits per heavy atom. The van der Waals surface area contributed by atoms with Crippen LogP contribution in [0.25, 0.3) is 0 Å². The van der Waals surface area contributed by atoms with Crippen molar-refractivity contribution in [2.75, 3.05) is 26.4 Å². The van der Waals surface area contributed by atoms with E-state index in [-0.39, 0.29) is 31.3 Å². The second kappa shape index (κ2) is 8.41. The van der Waals surface area contributed by atoms with E-state index in [4.69, 9.17) is 14.6 Å². The van der Waals surface area contributed by atoms with Gasteiger partial charge in [-0.1, -0.05) is 11.8 Å². The number of thiol groups is 1. The lowest BCUT2D eigenvalue weighted by Gasteiger charge is -2.43. The number of morpholine rings is 1. The van der Waals surface area contributed by atoms with E-state index < -0.39 is 26.8 Å². The number of rotatable bonds is 5. The zero-order valence-corrected chi connectivity index (χ0v) is 16.2. The Kier molecular flexibility index (Phi) is 6.71. The Balaban J connectivity index is 2.24. The van der Waals surface area contributed by atoms with Crippen molar-refractivity contribution in [2.24, 2.45) is 0 Å². The van der Waals surface area contributed by atoms with Crippen LogP contribution in [0.5, 0.6) is 5.75 Å². The summed E-state index contributed by atoms with van der Waals surface area (Å²) >= 11 is 3.85. The molecule has 1 atom stereocenters. The molecule has 2 rings (SSSR count). The molecular weight excluding hydrogens is 378 g/mol. The lowest BCUT2D eigenvalue weighted by Crippen LogP contribution is -2.61. The smallest absolute Gasteiger partial charge is 0.243 e. The van der Waals surface area contributed by atoms with Crippen LogP contribution >= 0.6 is 12.6 Å². The number of ether oxygens (including phenoxy) is 2. The quantitative estimate of drug-likeness (QED) is 0.559. The topological polar surface area (TPSA) is 93.1 Å². The predicted octanol–water partition coefficient (Wildman–Crippen LogP) is 0.686. The van der Waals surface area contributed by atoms with Crippen LogP contribution in [0, 0.1) is 11.8 Å². The normalized spacial score (nSPS) is 20.1. The summed E-state index contributed by atoms with van der Waals surface area (Å²) in [7, 11) is -3.91. The Hall–Kier alpha value is -1.57. The summed E-state index contributed by atoms with van der Waals surface area (Å²) in [4.78, 5) is 12.0. The molecule has 26 heavy (non-hydrogen) atoms. The molecule has 1 aromatic carbocycles. The van der Waals surface area contributed by atoms with Crippen molar-refractivity contribution in [1.82, 2.24) is 4.31 Å². The van der Waals surface area contributed by atoms with Crippen molar-refractivity contribution in [3.05, 3.63) is 24.3 Å². The van der Waals surface area contributed by atoms with Gasteiger partial charge in [-0.05, 0) is 38.1 Å². The van der Waals surface area contributed by atoms with E-state index in [0.29, 0.717) is 5.75 Å². The van der Waals surface area contributed by atoms with Crippen LogP contribution in [0.1, 0.15) is 13.8 Å². The van der Waals surface area contributed by atoms with Crippen LogP contribution in [0.4, 0.5) is 0 Å². The molecule has 7 nitrogen and oxygen atoms in total. The summed E-state index contributed by atoms with van der Waals surface area (Å²) in [5, 5.41) is 8.00. The van der Waals surface area contributed by atoms with Crippen LogP contribution in [-0.2, 0) is 19.6 Å². The highest BCUT2D eigenvalue weighted by Crippen LogP contribution is 2.31.